The van der Waals surface area contributed by atoms with Crippen molar-refractivity contribution in [3.05, 3.63) is 65.6 Å². The highest BCUT2D eigenvalue weighted by Crippen LogP contribution is 2.33. The molecule has 1 fully saturated rings. The number of piperazine rings is 1. The Kier molecular flexibility index (Phi) is 4.75. The lowest BCUT2D eigenvalue weighted by Crippen LogP contribution is -2.43. The van der Waals surface area contributed by atoms with Crippen LogP contribution in [0.3, 0.4) is 0 Å². The number of anilines is 1. The van der Waals surface area contributed by atoms with E-state index >= 15 is 0 Å². The molecule has 0 bridgehead atoms. The van der Waals surface area contributed by atoms with Crippen LogP contribution in [0.15, 0.2) is 48.8 Å². The first kappa shape index (κ1) is 18.8. The molecule has 0 saturated carbocycles. The fourth-order valence-electron chi connectivity index (χ4n) is 4.22. The first-order valence-corrected chi connectivity index (χ1v) is 10.6. The Morgan fingerprint density at radius 2 is 1.60 bits per heavy atom. The van der Waals surface area contributed by atoms with E-state index in [0.717, 1.165) is 60.0 Å². The molecule has 0 amide bonds. The summed E-state index contributed by atoms with van der Waals surface area (Å²) in [4.78, 5) is 15.2. The van der Waals surface area contributed by atoms with Crippen LogP contribution in [0.25, 0.3) is 33.3 Å². The van der Waals surface area contributed by atoms with Crippen LogP contribution in [0.4, 0.5) is 5.82 Å². The topological polar surface area (TPSA) is 56.8 Å². The molecule has 0 atom stereocenters. The molecule has 2 N–H and O–H groups in total. The zero-order valence-electron chi connectivity index (χ0n) is 17.8. The molecule has 5 heteroatoms. The van der Waals surface area contributed by atoms with Gasteiger partial charge in [-0.25, -0.2) is 4.98 Å². The number of benzene rings is 1. The summed E-state index contributed by atoms with van der Waals surface area (Å²) in [7, 11) is 0. The number of fused-ring (bicyclic) bond motifs is 1. The molecule has 4 aromatic rings. The minimum Gasteiger partial charge on any atom is -0.354 e. The Bertz CT molecular complexity index is 1200. The number of hydrogen-bond donors (Lipinski definition) is 2. The molecule has 1 aliphatic rings. The molecular formula is C25H27N5. The summed E-state index contributed by atoms with van der Waals surface area (Å²) < 4.78 is 0. The summed E-state index contributed by atoms with van der Waals surface area (Å²) >= 11 is 0. The van der Waals surface area contributed by atoms with E-state index in [2.05, 4.69) is 70.4 Å². The molecule has 0 unspecified atom stereocenters. The number of pyridine rings is 2. The molecule has 1 aliphatic heterocycles. The van der Waals surface area contributed by atoms with Crippen LogP contribution in [-0.2, 0) is 0 Å². The Hall–Kier alpha value is -3.18. The number of aromatic amines is 1. The van der Waals surface area contributed by atoms with Gasteiger partial charge < -0.3 is 15.2 Å². The van der Waals surface area contributed by atoms with Gasteiger partial charge in [0.15, 0.2) is 0 Å². The van der Waals surface area contributed by atoms with Crippen molar-refractivity contribution in [2.45, 2.75) is 20.8 Å². The van der Waals surface area contributed by atoms with E-state index in [1.54, 1.807) is 0 Å². The Labute approximate surface area is 177 Å². The van der Waals surface area contributed by atoms with E-state index in [4.69, 9.17) is 4.98 Å². The van der Waals surface area contributed by atoms with Crippen LogP contribution in [0.1, 0.15) is 16.8 Å². The van der Waals surface area contributed by atoms with E-state index in [0.29, 0.717) is 0 Å². The Morgan fingerprint density at radius 3 is 2.33 bits per heavy atom. The third-order valence-corrected chi connectivity index (χ3v) is 6.21. The van der Waals surface area contributed by atoms with Crippen molar-refractivity contribution in [3.63, 3.8) is 0 Å². The van der Waals surface area contributed by atoms with E-state index < -0.39 is 0 Å². The molecule has 3 aromatic heterocycles. The van der Waals surface area contributed by atoms with E-state index in [1.165, 1.54) is 22.1 Å². The number of aromatic nitrogens is 3. The lowest BCUT2D eigenvalue weighted by molar-refractivity contribution is 0.585. The summed E-state index contributed by atoms with van der Waals surface area (Å²) in [5.74, 6) is 1.06. The highest BCUT2D eigenvalue weighted by atomic mass is 15.2. The maximum absolute atomic E-state index is 4.73. The van der Waals surface area contributed by atoms with Crippen LogP contribution >= 0.6 is 0 Å². The predicted octanol–water partition coefficient (Wildman–Crippen LogP) is 4.63. The molecule has 5 nitrogen and oxygen atoms in total. The summed E-state index contributed by atoms with van der Waals surface area (Å²) in [6, 6.07) is 13.1. The summed E-state index contributed by atoms with van der Waals surface area (Å²) in [5.41, 5.74) is 9.28. The molecule has 1 saturated heterocycles. The number of nitrogens with one attached hydrogen (secondary N) is 2. The summed E-state index contributed by atoms with van der Waals surface area (Å²) in [6.07, 6.45) is 3.95. The van der Waals surface area contributed by atoms with Gasteiger partial charge >= 0.3 is 0 Å². The number of aryl methyl sites for hydroxylation is 3. The smallest absolute Gasteiger partial charge is 0.128 e. The average molecular weight is 398 g/mol. The number of H-pyrrole nitrogens is 1. The predicted molar refractivity (Wildman–Crippen MR) is 124 cm³/mol. The molecule has 0 spiro atoms. The van der Waals surface area contributed by atoms with Crippen LogP contribution in [0.5, 0.6) is 0 Å². The Balaban J connectivity index is 1.48. The first-order chi connectivity index (χ1) is 14.6. The first-order valence-electron chi connectivity index (χ1n) is 10.6. The highest BCUT2D eigenvalue weighted by molar-refractivity contribution is 5.93. The highest BCUT2D eigenvalue weighted by Gasteiger charge is 2.13. The largest absolute Gasteiger partial charge is 0.354 e. The lowest BCUT2D eigenvalue weighted by Gasteiger charge is -2.28. The molecule has 5 rings (SSSR count). The second-order valence-corrected chi connectivity index (χ2v) is 8.15. The second kappa shape index (κ2) is 7.58. The monoisotopic (exact) mass is 397 g/mol. The maximum atomic E-state index is 4.73. The van der Waals surface area contributed by atoms with Crippen molar-refractivity contribution in [2.75, 3.05) is 31.1 Å². The molecule has 30 heavy (non-hydrogen) atoms. The van der Waals surface area contributed by atoms with Gasteiger partial charge in [0.05, 0.1) is 5.69 Å². The van der Waals surface area contributed by atoms with Gasteiger partial charge in [-0.1, -0.05) is 12.1 Å². The SMILES string of the molecule is Cc1cc(-c2[nH]c3cc(-c4ccc(N5CCNCC5)nc4)ccc3c2C)cnc1C. The maximum Gasteiger partial charge on any atom is 0.128 e. The van der Waals surface area contributed by atoms with Crippen molar-refractivity contribution in [1.29, 1.82) is 0 Å². The zero-order valence-corrected chi connectivity index (χ0v) is 17.8. The van der Waals surface area contributed by atoms with Gasteiger partial charge in [0.1, 0.15) is 5.82 Å². The van der Waals surface area contributed by atoms with Crippen molar-refractivity contribution in [2.24, 2.45) is 0 Å². The third-order valence-electron chi connectivity index (χ3n) is 6.21. The number of rotatable bonds is 3. The van der Waals surface area contributed by atoms with Gasteiger partial charge in [-0.15, -0.1) is 0 Å². The number of hydrogen-bond acceptors (Lipinski definition) is 4. The third kappa shape index (κ3) is 3.35. The van der Waals surface area contributed by atoms with Crippen molar-refractivity contribution >= 4 is 16.7 Å². The van der Waals surface area contributed by atoms with E-state index in [1.807, 2.05) is 19.3 Å². The molecule has 1 aromatic carbocycles. The van der Waals surface area contributed by atoms with Gasteiger partial charge in [0.2, 0.25) is 0 Å². The fraction of sp³-hybridized carbons (Fsp3) is 0.280. The Morgan fingerprint density at radius 1 is 0.833 bits per heavy atom. The summed E-state index contributed by atoms with van der Waals surface area (Å²) in [5, 5.41) is 4.63. The van der Waals surface area contributed by atoms with Crippen molar-refractivity contribution < 1.29 is 0 Å². The van der Waals surface area contributed by atoms with Crippen LogP contribution in [0, 0.1) is 20.8 Å². The van der Waals surface area contributed by atoms with Gasteiger partial charge in [-0.05, 0) is 61.7 Å². The van der Waals surface area contributed by atoms with E-state index in [-0.39, 0.29) is 0 Å². The quantitative estimate of drug-likeness (QED) is 0.529. The van der Waals surface area contributed by atoms with Gasteiger partial charge in [-0.3, -0.25) is 4.98 Å². The standard InChI is InChI=1S/C25H27N5/c1-16-12-21(15-27-18(16)3)25-17(2)22-6-4-19(13-23(22)29-25)20-5-7-24(28-14-20)30-10-8-26-9-11-30/h4-7,12-15,26,29H,8-11H2,1-3H3. The number of nitrogens with zero attached hydrogens (tertiary/aromatic N) is 3. The summed E-state index contributed by atoms with van der Waals surface area (Å²) in [6.45, 7) is 10.4. The van der Waals surface area contributed by atoms with Gasteiger partial charge in [0.25, 0.3) is 0 Å². The molecule has 152 valence electrons. The molecule has 0 aliphatic carbocycles. The lowest BCUT2D eigenvalue weighted by atomic mass is 10.0. The average Bonchev–Trinajstić information content (AvgIpc) is 3.12. The second-order valence-electron chi connectivity index (χ2n) is 8.15. The molecule has 4 heterocycles. The normalized spacial score (nSPS) is 14.4. The minimum absolute atomic E-state index is 1.01. The van der Waals surface area contributed by atoms with Crippen molar-refractivity contribution in [3.8, 4) is 22.4 Å². The van der Waals surface area contributed by atoms with E-state index in [9.17, 15) is 0 Å². The minimum atomic E-state index is 1.01. The van der Waals surface area contributed by atoms with Crippen molar-refractivity contribution in [1.82, 2.24) is 20.3 Å². The van der Waals surface area contributed by atoms with Gasteiger partial charge in [-0.2, -0.15) is 0 Å². The van der Waals surface area contributed by atoms with Crippen LogP contribution < -0.4 is 10.2 Å². The molecular weight excluding hydrogens is 370 g/mol. The zero-order chi connectivity index (χ0) is 20.7. The van der Waals surface area contributed by atoms with Gasteiger partial charge in [0, 0.05) is 66.3 Å². The molecule has 0 radical (unpaired) electrons. The van der Waals surface area contributed by atoms with Crippen LogP contribution in [-0.4, -0.2) is 41.1 Å². The fourth-order valence-corrected chi connectivity index (χ4v) is 4.22. The van der Waals surface area contributed by atoms with Crippen LogP contribution in [0.2, 0.25) is 0 Å².